The second-order valence-corrected chi connectivity index (χ2v) is 5.95. The molecule has 1 amide bonds. The highest BCUT2D eigenvalue weighted by Crippen LogP contribution is 2.26. The summed E-state index contributed by atoms with van der Waals surface area (Å²) in [5.41, 5.74) is 0.244. The molecule has 94 valence electrons. The molecule has 1 rings (SSSR count). The molecular weight excluding hydrogens is 448 g/mol. The van der Waals surface area contributed by atoms with Gasteiger partial charge in [-0.1, -0.05) is 6.92 Å². The molecular formula is C11H13I2NO3. The average molecular weight is 461 g/mol. The number of aliphatic hydroxyl groups is 1. The van der Waals surface area contributed by atoms with Crippen molar-refractivity contribution in [2.75, 3.05) is 6.61 Å². The van der Waals surface area contributed by atoms with Crippen LogP contribution in [0.2, 0.25) is 0 Å². The first-order valence-electron chi connectivity index (χ1n) is 5.09. The molecule has 3 N–H and O–H groups in total. The van der Waals surface area contributed by atoms with Gasteiger partial charge in [0.2, 0.25) is 0 Å². The van der Waals surface area contributed by atoms with Crippen LogP contribution >= 0.6 is 45.2 Å². The van der Waals surface area contributed by atoms with E-state index in [0.29, 0.717) is 9.99 Å². The minimum atomic E-state index is -0.361. The van der Waals surface area contributed by atoms with Crippen molar-refractivity contribution in [1.82, 2.24) is 5.32 Å². The summed E-state index contributed by atoms with van der Waals surface area (Å²) in [5.74, 6) is -0.379. The van der Waals surface area contributed by atoms with E-state index in [0.717, 1.165) is 3.57 Å². The van der Waals surface area contributed by atoms with Crippen molar-refractivity contribution >= 4 is 51.1 Å². The number of carbonyl (C=O) groups is 1. The van der Waals surface area contributed by atoms with Gasteiger partial charge in [-0.2, -0.15) is 0 Å². The Labute approximate surface area is 127 Å². The van der Waals surface area contributed by atoms with E-state index in [-0.39, 0.29) is 29.9 Å². The molecule has 0 aliphatic carbocycles. The molecule has 0 saturated carbocycles. The monoisotopic (exact) mass is 461 g/mol. The van der Waals surface area contributed by atoms with Crippen molar-refractivity contribution in [1.29, 1.82) is 0 Å². The van der Waals surface area contributed by atoms with Crippen LogP contribution in [-0.2, 0) is 0 Å². The Morgan fingerprint density at radius 1 is 1.47 bits per heavy atom. The van der Waals surface area contributed by atoms with Gasteiger partial charge in [-0.05, 0) is 63.7 Å². The molecule has 0 aliphatic heterocycles. The number of benzene rings is 1. The lowest BCUT2D eigenvalue weighted by Crippen LogP contribution is -2.37. The SMILES string of the molecule is CC[C@@H](CO)NC(=O)c1cc(I)cc(I)c1O. The van der Waals surface area contributed by atoms with Crippen LogP contribution < -0.4 is 5.32 Å². The number of rotatable bonds is 4. The Morgan fingerprint density at radius 3 is 2.65 bits per heavy atom. The molecule has 0 aromatic heterocycles. The van der Waals surface area contributed by atoms with Crippen LogP contribution in [0.4, 0.5) is 0 Å². The summed E-state index contributed by atoms with van der Waals surface area (Å²) in [7, 11) is 0. The topological polar surface area (TPSA) is 69.6 Å². The van der Waals surface area contributed by atoms with E-state index < -0.39 is 0 Å². The van der Waals surface area contributed by atoms with Gasteiger partial charge in [0.05, 0.1) is 21.8 Å². The summed E-state index contributed by atoms with van der Waals surface area (Å²) < 4.78 is 1.52. The first-order chi connectivity index (χ1) is 7.99. The maximum absolute atomic E-state index is 11.9. The smallest absolute Gasteiger partial charge is 0.255 e. The first-order valence-corrected chi connectivity index (χ1v) is 7.25. The van der Waals surface area contributed by atoms with Crippen molar-refractivity contribution < 1.29 is 15.0 Å². The summed E-state index contributed by atoms with van der Waals surface area (Å²) in [4.78, 5) is 11.9. The summed E-state index contributed by atoms with van der Waals surface area (Å²) in [5, 5.41) is 21.5. The zero-order valence-corrected chi connectivity index (χ0v) is 13.5. The van der Waals surface area contributed by atoms with Crippen LogP contribution in [-0.4, -0.2) is 28.8 Å². The van der Waals surface area contributed by atoms with Gasteiger partial charge in [0.15, 0.2) is 0 Å². The Balaban J connectivity index is 2.96. The molecule has 1 aromatic rings. The fraction of sp³-hybridized carbons (Fsp3) is 0.364. The van der Waals surface area contributed by atoms with E-state index in [1.165, 1.54) is 0 Å². The molecule has 0 heterocycles. The van der Waals surface area contributed by atoms with Gasteiger partial charge < -0.3 is 15.5 Å². The fourth-order valence-electron chi connectivity index (χ4n) is 1.28. The number of aliphatic hydroxyl groups excluding tert-OH is 1. The molecule has 0 unspecified atom stereocenters. The predicted molar refractivity (Wildman–Crippen MR) is 82.2 cm³/mol. The third kappa shape index (κ3) is 3.95. The van der Waals surface area contributed by atoms with Crippen LogP contribution in [0, 0.1) is 7.14 Å². The summed E-state index contributed by atoms with van der Waals surface area (Å²) in [6.45, 7) is 1.77. The van der Waals surface area contributed by atoms with Crippen LogP contribution in [0.25, 0.3) is 0 Å². The van der Waals surface area contributed by atoms with Crippen molar-refractivity contribution in [2.24, 2.45) is 0 Å². The second kappa shape index (κ2) is 6.74. The number of carbonyl (C=O) groups excluding carboxylic acids is 1. The Kier molecular flexibility index (Phi) is 5.93. The van der Waals surface area contributed by atoms with Gasteiger partial charge in [-0.25, -0.2) is 0 Å². The van der Waals surface area contributed by atoms with Crippen molar-refractivity contribution in [3.05, 3.63) is 24.8 Å². The molecule has 17 heavy (non-hydrogen) atoms. The molecule has 0 bridgehead atoms. The number of halogens is 2. The molecule has 4 nitrogen and oxygen atoms in total. The number of phenolic OH excluding ortho intramolecular Hbond substituents is 1. The average Bonchev–Trinajstić information content (AvgIpc) is 2.30. The summed E-state index contributed by atoms with van der Waals surface area (Å²) in [6, 6.07) is 3.13. The summed E-state index contributed by atoms with van der Waals surface area (Å²) in [6.07, 6.45) is 0.643. The van der Waals surface area contributed by atoms with Gasteiger partial charge in [0.1, 0.15) is 5.75 Å². The van der Waals surface area contributed by atoms with Gasteiger partial charge in [0, 0.05) is 3.57 Å². The predicted octanol–water partition coefficient (Wildman–Crippen LogP) is 2.10. The third-order valence-electron chi connectivity index (χ3n) is 2.32. The van der Waals surface area contributed by atoms with E-state index in [4.69, 9.17) is 5.11 Å². The normalized spacial score (nSPS) is 12.2. The number of amides is 1. The molecule has 0 spiro atoms. The van der Waals surface area contributed by atoms with Crippen molar-refractivity contribution in [3.63, 3.8) is 0 Å². The largest absolute Gasteiger partial charge is 0.506 e. The van der Waals surface area contributed by atoms with E-state index >= 15 is 0 Å². The van der Waals surface area contributed by atoms with Crippen molar-refractivity contribution in [3.8, 4) is 5.75 Å². The van der Waals surface area contributed by atoms with E-state index in [1.54, 1.807) is 12.1 Å². The molecule has 0 aliphatic rings. The Hall–Kier alpha value is -0.0900. The fourth-order valence-corrected chi connectivity index (χ4v) is 3.12. The minimum absolute atomic E-state index is 0.0173. The zero-order chi connectivity index (χ0) is 13.0. The summed E-state index contributed by atoms with van der Waals surface area (Å²) >= 11 is 4.07. The lowest BCUT2D eigenvalue weighted by molar-refractivity contribution is 0.0912. The molecule has 0 saturated heterocycles. The maximum atomic E-state index is 11.9. The van der Waals surface area contributed by atoms with Crippen LogP contribution in [0.5, 0.6) is 5.75 Å². The molecule has 1 atom stereocenters. The highest BCUT2D eigenvalue weighted by molar-refractivity contribution is 14.1. The first kappa shape index (κ1) is 15.0. The number of hydrogen-bond donors (Lipinski definition) is 3. The van der Waals surface area contributed by atoms with Crippen LogP contribution in [0.15, 0.2) is 12.1 Å². The Morgan fingerprint density at radius 2 is 2.12 bits per heavy atom. The highest BCUT2D eigenvalue weighted by atomic mass is 127. The number of hydrogen-bond acceptors (Lipinski definition) is 3. The van der Waals surface area contributed by atoms with E-state index in [2.05, 4.69) is 27.9 Å². The molecule has 6 heteroatoms. The number of phenols is 1. The van der Waals surface area contributed by atoms with E-state index in [1.807, 2.05) is 29.5 Å². The lowest BCUT2D eigenvalue weighted by atomic mass is 10.1. The van der Waals surface area contributed by atoms with Gasteiger partial charge in [-0.3, -0.25) is 4.79 Å². The van der Waals surface area contributed by atoms with Gasteiger partial charge in [0.25, 0.3) is 5.91 Å². The van der Waals surface area contributed by atoms with Crippen LogP contribution in [0.1, 0.15) is 23.7 Å². The molecule has 0 radical (unpaired) electrons. The van der Waals surface area contributed by atoms with Gasteiger partial charge >= 0.3 is 0 Å². The second-order valence-electron chi connectivity index (χ2n) is 3.54. The molecule has 0 fully saturated rings. The van der Waals surface area contributed by atoms with Crippen LogP contribution in [0.3, 0.4) is 0 Å². The van der Waals surface area contributed by atoms with Crippen molar-refractivity contribution in [2.45, 2.75) is 19.4 Å². The molecule has 1 aromatic carbocycles. The standard InChI is InChI=1S/C11H13I2NO3/c1-2-7(5-15)14-11(17)8-3-6(12)4-9(13)10(8)16/h3-4,7,15-16H,2,5H2,1H3,(H,14,17)/t7-/m0/s1. The zero-order valence-electron chi connectivity index (χ0n) is 9.20. The number of aromatic hydroxyl groups is 1. The third-order valence-corrected chi connectivity index (χ3v) is 3.77. The Bertz CT molecular complexity index is 419. The quantitative estimate of drug-likeness (QED) is 0.603. The van der Waals surface area contributed by atoms with Gasteiger partial charge in [-0.15, -0.1) is 0 Å². The maximum Gasteiger partial charge on any atom is 0.255 e. The minimum Gasteiger partial charge on any atom is -0.506 e. The lowest BCUT2D eigenvalue weighted by Gasteiger charge is -2.15. The van der Waals surface area contributed by atoms with E-state index in [9.17, 15) is 9.90 Å². The number of nitrogens with one attached hydrogen (secondary N) is 1. The highest BCUT2D eigenvalue weighted by Gasteiger charge is 2.17.